The molecule has 11 nitrogen and oxygen atoms in total. The molecular formula is C58H59N3O8. The molecular weight excluding hydrogens is 867 g/mol. The number of aliphatic hydroxyl groups excluding tert-OH is 2. The van der Waals surface area contributed by atoms with E-state index in [2.05, 4.69) is 88.6 Å². The fourth-order valence-electron chi connectivity index (χ4n) is 10.2. The van der Waals surface area contributed by atoms with Crippen LogP contribution in [0.2, 0.25) is 0 Å². The highest BCUT2D eigenvalue weighted by atomic mass is 16.5. The Morgan fingerprint density at radius 3 is 2.45 bits per heavy atom. The molecule has 354 valence electrons. The van der Waals surface area contributed by atoms with Crippen molar-refractivity contribution in [1.29, 1.82) is 0 Å². The number of carbonyl (C=O) groups excluding carboxylic acids is 1. The number of phenols is 1. The van der Waals surface area contributed by atoms with E-state index in [-0.39, 0.29) is 85.0 Å². The van der Waals surface area contributed by atoms with Gasteiger partial charge in [0.15, 0.2) is 17.3 Å². The molecule has 1 fully saturated rings. The van der Waals surface area contributed by atoms with Crippen LogP contribution in [0.1, 0.15) is 81.2 Å². The first-order valence-electron chi connectivity index (χ1n) is 24.2. The molecule has 11 rings (SSSR count). The third-order valence-electron chi connectivity index (χ3n) is 13.9. The van der Waals surface area contributed by atoms with Crippen LogP contribution in [0.5, 0.6) is 28.7 Å². The minimum absolute atomic E-state index is 0.00884. The summed E-state index contributed by atoms with van der Waals surface area (Å²) in [4.78, 5) is 21.3. The molecule has 5 aromatic carbocycles. The van der Waals surface area contributed by atoms with E-state index in [0.717, 1.165) is 58.7 Å². The number of fused-ring (bicyclic) bond motifs is 11. The van der Waals surface area contributed by atoms with Crippen molar-refractivity contribution in [2.45, 2.75) is 75.7 Å². The number of piperazine rings is 1. The van der Waals surface area contributed by atoms with E-state index in [9.17, 15) is 20.1 Å². The highest BCUT2D eigenvalue weighted by Crippen LogP contribution is 2.56. The number of Topliss-reactive ketones (excluding diaryl/α,β-unsaturated/α-hetero) is 1. The van der Waals surface area contributed by atoms with E-state index >= 15 is 0 Å². The predicted molar refractivity (Wildman–Crippen MR) is 268 cm³/mol. The number of aromatic hydroxyl groups is 1. The first-order valence-corrected chi connectivity index (χ1v) is 24.2. The summed E-state index contributed by atoms with van der Waals surface area (Å²) in [5.41, 5.74) is 9.11. The number of methoxy groups -OCH3 is 1. The van der Waals surface area contributed by atoms with Crippen LogP contribution in [0, 0.1) is 17.8 Å². The molecule has 5 N–H and O–H groups in total. The SMILES string of the molecule is CCc1cc2c([nH]1)N1CCN[C@H]3C#C[C@H](Cc4cccc-2c4)c2c(c(OC)c(OCC[C@@H](O)/C=C/c4ccccc4)c4c2OC(c2ccc(O)cc2)CC4=O)OC[C@@H](CO)Cc2ccc(cc2)C[C@H]31. The number of aliphatic hydroxyl groups is 2. The molecule has 0 amide bonds. The van der Waals surface area contributed by atoms with Gasteiger partial charge < -0.3 is 49.5 Å². The number of H-pyrrole nitrogens is 1. The van der Waals surface area contributed by atoms with E-state index < -0.39 is 18.1 Å². The molecule has 0 radical (unpaired) electrons. The normalized spacial score (nSPS) is 21.1. The van der Waals surface area contributed by atoms with Crippen molar-refractivity contribution in [3.05, 3.63) is 160 Å². The van der Waals surface area contributed by atoms with Gasteiger partial charge in [0.05, 0.1) is 56.4 Å². The van der Waals surface area contributed by atoms with E-state index in [0.29, 0.717) is 36.3 Å². The van der Waals surface area contributed by atoms with Gasteiger partial charge in [0, 0.05) is 43.3 Å². The second-order valence-corrected chi connectivity index (χ2v) is 18.5. The second kappa shape index (κ2) is 20.3. The lowest BCUT2D eigenvalue weighted by molar-refractivity contribution is 0.0834. The Balaban J connectivity index is 1.17. The Morgan fingerprint density at radius 2 is 1.68 bits per heavy atom. The number of nitrogens with zero attached hydrogens (tertiary/aromatic N) is 1. The molecule has 0 spiro atoms. The van der Waals surface area contributed by atoms with Gasteiger partial charge >= 0.3 is 0 Å². The Labute approximate surface area is 403 Å². The summed E-state index contributed by atoms with van der Waals surface area (Å²) in [6.07, 6.45) is 4.81. The zero-order chi connectivity index (χ0) is 47.4. The van der Waals surface area contributed by atoms with E-state index in [1.165, 1.54) is 12.7 Å². The standard InChI is InChI=1S/C58H59N3O8/c1-3-44-32-47-42-11-7-10-39(29-42)30-43-19-23-48-49(61(26-25-59-48)58(47)60-44)31-38-14-12-37(13-15-38)28-40(34-62)35-68-55-52(43)54-53(50(65)33-51(69-54)41-17-21-45(63)22-18-41)56(57(55)66-2)67-27-24-46(64)20-16-36-8-5-4-6-9-36/h4-18,20-22,29,32,40,43,46,48-49,51,59-60,62-64H,3,24-28,30-31,33-35H2,1-2H3/b20-16+/t40-,43-,46+,48+,49-,51?/m1/s1. The van der Waals surface area contributed by atoms with Crippen molar-refractivity contribution in [2.75, 3.05) is 44.9 Å². The average molecular weight is 926 g/mol. The number of aromatic nitrogens is 1. The molecule has 5 aliphatic rings. The van der Waals surface area contributed by atoms with Crippen molar-refractivity contribution in [3.63, 3.8) is 0 Å². The number of aromatic amines is 1. The Kier molecular flexibility index (Phi) is 13.5. The highest BCUT2D eigenvalue weighted by molar-refractivity contribution is 6.05. The second-order valence-electron chi connectivity index (χ2n) is 18.5. The first-order chi connectivity index (χ1) is 33.8. The van der Waals surface area contributed by atoms with Crippen LogP contribution in [0.15, 0.2) is 115 Å². The summed E-state index contributed by atoms with van der Waals surface area (Å²) >= 11 is 0. The molecule has 5 aliphatic heterocycles. The Morgan fingerprint density at radius 1 is 0.884 bits per heavy atom. The molecule has 69 heavy (non-hydrogen) atoms. The number of hydrogen-bond acceptors (Lipinski definition) is 10. The smallest absolute Gasteiger partial charge is 0.204 e. The fraction of sp³-hybridized carbons (Fsp3) is 0.328. The maximum Gasteiger partial charge on any atom is 0.204 e. The number of nitrogens with one attached hydrogen (secondary N) is 2. The Hall–Kier alpha value is -6.97. The van der Waals surface area contributed by atoms with Gasteiger partial charge in [0.2, 0.25) is 5.75 Å². The van der Waals surface area contributed by atoms with Crippen molar-refractivity contribution in [3.8, 4) is 51.7 Å². The molecule has 6 aromatic rings. The highest BCUT2D eigenvalue weighted by Gasteiger charge is 2.41. The number of ketones is 1. The van der Waals surface area contributed by atoms with Gasteiger partial charge in [-0.15, -0.1) is 0 Å². The van der Waals surface area contributed by atoms with Crippen LogP contribution >= 0.6 is 0 Å². The third kappa shape index (κ3) is 9.70. The summed E-state index contributed by atoms with van der Waals surface area (Å²) in [6.45, 7) is 3.66. The van der Waals surface area contributed by atoms with Crippen LogP contribution in [0.25, 0.3) is 17.2 Å². The first kappa shape index (κ1) is 45.8. The van der Waals surface area contributed by atoms with Gasteiger partial charge in [0.1, 0.15) is 29.0 Å². The quantitative estimate of drug-likeness (QED) is 0.0846. The minimum atomic E-state index is -0.842. The maximum absolute atomic E-state index is 15.0. The monoisotopic (exact) mass is 925 g/mol. The molecule has 6 atom stereocenters. The average Bonchev–Trinajstić information content (AvgIpc) is 3.81. The number of ether oxygens (including phenoxy) is 4. The lowest BCUT2D eigenvalue weighted by Gasteiger charge is -2.42. The molecule has 0 aliphatic carbocycles. The number of benzene rings is 5. The number of aryl methyl sites for hydroxylation is 1. The number of rotatable bonds is 10. The molecule has 11 heteroatoms. The van der Waals surface area contributed by atoms with E-state index in [1.54, 1.807) is 30.3 Å². The van der Waals surface area contributed by atoms with Crippen molar-refractivity contribution in [2.24, 2.45) is 5.92 Å². The molecule has 0 saturated carbocycles. The van der Waals surface area contributed by atoms with Crippen LogP contribution < -0.4 is 29.2 Å². The zero-order valence-electron chi connectivity index (χ0n) is 39.1. The van der Waals surface area contributed by atoms with Gasteiger partial charge in [-0.3, -0.25) is 4.79 Å². The fourth-order valence-corrected chi connectivity index (χ4v) is 10.2. The number of phenolic OH excluding ortho intramolecular Hbond substituents is 1. The zero-order valence-corrected chi connectivity index (χ0v) is 39.1. The molecule has 1 aromatic heterocycles. The topological polar surface area (TPSA) is 146 Å². The molecule has 6 heterocycles. The van der Waals surface area contributed by atoms with Crippen molar-refractivity contribution < 1.29 is 39.1 Å². The number of carbonyl (C=O) groups is 1. The lowest BCUT2D eigenvalue weighted by Crippen LogP contribution is -2.58. The van der Waals surface area contributed by atoms with Gasteiger partial charge in [-0.05, 0) is 77.3 Å². The van der Waals surface area contributed by atoms with Crippen LogP contribution in [0.3, 0.4) is 0 Å². The number of anilines is 1. The summed E-state index contributed by atoms with van der Waals surface area (Å²) in [7, 11) is 1.54. The lowest BCUT2D eigenvalue weighted by atomic mass is 9.84. The summed E-state index contributed by atoms with van der Waals surface area (Å²) in [5.74, 6) is 8.56. The molecule has 1 saturated heterocycles. The van der Waals surface area contributed by atoms with E-state index in [4.69, 9.17) is 18.9 Å². The minimum Gasteiger partial charge on any atom is -0.508 e. The van der Waals surface area contributed by atoms with Gasteiger partial charge in [-0.2, -0.15) is 0 Å². The summed E-state index contributed by atoms with van der Waals surface area (Å²) < 4.78 is 27.1. The maximum atomic E-state index is 15.0. The summed E-state index contributed by atoms with van der Waals surface area (Å²) in [5, 5.41) is 36.1. The van der Waals surface area contributed by atoms with Crippen LogP contribution in [-0.4, -0.2) is 84.3 Å². The summed E-state index contributed by atoms with van der Waals surface area (Å²) in [6, 6.07) is 35.7. The molecule has 8 bridgehead atoms. The van der Waals surface area contributed by atoms with Crippen molar-refractivity contribution >= 4 is 17.7 Å². The van der Waals surface area contributed by atoms with Crippen molar-refractivity contribution in [1.82, 2.24) is 10.3 Å². The Bertz CT molecular complexity index is 2880. The van der Waals surface area contributed by atoms with Gasteiger partial charge in [-0.1, -0.05) is 122 Å². The van der Waals surface area contributed by atoms with Crippen LogP contribution in [-0.2, 0) is 25.7 Å². The van der Waals surface area contributed by atoms with Crippen LogP contribution in [0.4, 0.5) is 5.82 Å². The van der Waals surface area contributed by atoms with Gasteiger partial charge in [0.25, 0.3) is 0 Å². The predicted octanol–water partition coefficient (Wildman–Crippen LogP) is 8.78. The van der Waals surface area contributed by atoms with Gasteiger partial charge in [-0.25, -0.2) is 0 Å². The largest absolute Gasteiger partial charge is 0.508 e. The molecule has 1 unspecified atom stereocenters. The van der Waals surface area contributed by atoms with E-state index in [1.807, 2.05) is 36.4 Å². The third-order valence-corrected chi connectivity index (χ3v) is 13.9. The number of hydrogen-bond donors (Lipinski definition) is 5.